The third kappa shape index (κ3) is 2.33. The first kappa shape index (κ1) is 7.65. The maximum absolute atomic E-state index is 12.5. The summed E-state index contributed by atoms with van der Waals surface area (Å²) in [6, 6.07) is 5.98. The van der Waals surface area contributed by atoms with Crippen molar-refractivity contribution in [2.45, 2.75) is 6.54 Å². The number of nitroso groups, excluding NO2 is 1. The molecule has 58 valence electrons. The molecule has 0 amide bonds. The molecule has 0 aromatic heterocycles. The van der Waals surface area contributed by atoms with Crippen LogP contribution in [0.5, 0.6) is 0 Å². The van der Waals surface area contributed by atoms with Gasteiger partial charge in [-0.3, -0.25) is 5.43 Å². The van der Waals surface area contributed by atoms with Gasteiger partial charge in [0, 0.05) is 5.29 Å². The summed E-state index contributed by atoms with van der Waals surface area (Å²) in [5, 5.41) is 2.44. The molecule has 0 spiro atoms. The lowest BCUT2D eigenvalue weighted by atomic mass is 10.2. The molecule has 0 aliphatic heterocycles. The Morgan fingerprint density at radius 2 is 2.36 bits per heavy atom. The fourth-order valence-corrected chi connectivity index (χ4v) is 0.770. The second-order valence-electron chi connectivity index (χ2n) is 2.06. The molecule has 0 saturated heterocycles. The Balaban J connectivity index is 2.63. The lowest BCUT2D eigenvalue weighted by molar-refractivity contribution is 0.622. The SMILES string of the molecule is O=NNCc1cccc(F)c1. The Morgan fingerprint density at radius 3 is 3.00 bits per heavy atom. The molecule has 1 aromatic carbocycles. The Hall–Kier alpha value is -1.45. The largest absolute Gasteiger partial charge is 0.269 e. The molecule has 0 radical (unpaired) electrons. The third-order valence-corrected chi connectivity index (χ3v) is 1.24. The van der Waals surface area contributed by atoms with E-state index in [4.69, 9.17) is 0 Å². The van der Waals surface area contributed by atoms with E-state index in [0.717, 1.165) is 0 Å². The molecule has 0 bridgehead atoms. The van der Waals surface area contributed by atoms with E-state index in [9.17, 15) is 9.30 Å². The van der Waals surface area contributed by atoms with Gasteiger partial charge in [-0.1, -0.05) is 12.1 Å². The Kier molecular flexibility index (Phi) is 2.54. The Bertz CT molecular complexity index is 252. The molecule has 4 heteroatoms. The number of rotatable bonds is 3. The number of hydrogen-bond acceptors (Lipinski definition) is 2. The maximum atomic E-state index is 12.5. The van der Waals surface area contributed by atoms with Crippen LogP contribution in [0.15, 0.2) is 29.6 Å². The van der Waals surface area contributed by atoms with Crippen molar-refractivity contribution in [3.05, 3.63) is 40.6 Å². The van der Waals surface area contributed by atoms with E-state index in [2.05, 4.69) is 10.7 Å². The highest BCUT2D eigenvalue weighted by molar-refractivity contribution is 5.15. The van der Waals surface area contributed by atoms with Crippen molar-refractivity contribution in [2.24, 2.45) is 5.29 Å². The minimum absolute atomic E-state index is 0.265. The van der Waals surface area contributed by atoms with E-state index < -0.39 is 0 Å². The van der Waals surface area contributed by atoms with Crippen LogP contribution in [0.2, 0.25) is 0 Å². The molecule has 0 aliphatic carbocycles. The predicted molar refractivity (Wildman–Crippen MR) is 39.0 cm³/mol. The van der Waals surface area contributed by atoms with Crippen LogP contribution in [0, 0.1) is 10.7 Å². The van der Waals surface area contributed by atoms with E-state index in [1.54, 1.807) is 12.1 Å². The first-order chi connectivity index (χ1) is 5.33. The number of nitrogens with one attached hydrogen (secondary N) is 1. The van der Waals surface area contributed by atoms with Crippen LogP contribution in [-0.2, 0) is 6.54 Å². The van der Waals surface area contributed by atoms with Crippen LogP contribution in [0.4, 0.5) is 4.39 Å². The fourth-order valence-electron chi connectivity index (χ4n) is 0.770. The van der Waals surface area contributed by atoms with Crippen molar-refractivity contribution in [3.63, 3.8) is 0 Å². The summed E-state index contributed by atoms with van der Waals surface area (Å²) in [6.07, 6.45) is 0. The third-order valence-electron chi connectivity index (χ3n) is 1.24. The molecular weight excluding hydrogens is 147 g/mol. The summed E-state index contributed by atoms with van der Waals surface area (Å²) in [7, 11) is 0. The van der Waals surface area contributed by atoms with Gasteiger partial charge in [-0.05, 0) is 17.7 Å². The second-order valence-corrected chi connectivity index (χ2v) is 2.06. The van der Waals surface area contributed by atoms with Gasteiger partial charge in [-0.2, -0.15) is 0 Å². The maximum Gasteiger partial charge on any atom is 0.123 e. The monoisotopic (exact) mass is 154 g/mol. The van der Waals surface area contributed by atoms with Crippen LogP contribution in [0.3, 0.4) is 0 Å². The van der Waals surface area contributed by atoms with Crippen LogP contribution in [0.25, 0.3) is 0 Å². The standard InChI is InChI=1S/C7H7FN2O/c8-7-3-1-2-6(4-7)5-9-10-11/h1-4H,5H2,(H,9,11). The summed E-state index contributed by atoms with van der Waals surface area (Å²) in [6.45, 7) is 0.265. The van der Waals surface area contributed by atoms with Crippen LogP contribution >= 0.6 is 0 Å². The van der Waals surface area contributed by atoms with E-state index >= 15 is 0 Å². The second kappa shape index (κ2) is 3.65. The molecule has 0 fully saturated rings. The number of benzene rings is 1. The van der Waals surface area contributed by atoms with Gasteiger partial charge in [0.1, 0.15) is 5.82 Å². The van der Waals surface area contributed by atoms with Crippen LogP contribution in [-0.4, -0.2) is 0 Å². The normalized spacial score (nSPS) is 9.18. The summed E-state index contributed by atoms with van der Waals surface area (Å²) in [4.78, 5) is 9.61. The van der Waals surface area contributed by atoms with Crippen molar-refractivity contribution < 1.29 is 4.39 Å². The van der Waals surface area contributed by atoms with Gasteiger partial charge >= 0.3 is 0 Å². The van der Waals surface area contributed by atoms with Gasteiger partial charge in [0.2, 0.25) is 0 Å². The summed E-state index contributed by atoms with van der Waals surface area (Å²) in [5.74, 6) is -0.310. The zero-order chi connectivity index (χ0) is 8.10. The molecular formula is C7H7FN2O. The van der Waals surface area contributed by atoms with Gasteiger partial charge < -0.3 is 0 Å². The predicted octanol–water partition coefficient (Wildman–Crippen LogP) is 1.60. The highest BCUT2D eigenvalue weighted by Crippen LogP contribution is 2.02. The van der Waals surface area contributed by atoms with E-state index in [1.165, 1.54) is 12.1 Å². The lowest BCUT2D eigenvalue weighted by Crippen LogP contribution is -2.03. The van der Waals surface area contributed by atoms with Gasteiger partial charge in [0.15, 0.2) is 0 Å². The number of nitrogens with zero attached hydrogens (tertiary/aromatic N) is 1. The molecule has 0 saturated carbocycles. The molecule has 0 aliphatic rings. The average molecular weight is 154 g/mol. The first-order valence-electron chi connectivity index (χ1n) is 3.12. The summed E-state index contributed by atoms with van der Waals surface area (Å²) < 4.78 is 12.5. The molecule has 0 heterocycles. The molecule has 0 atom stereocenters. The highest BCUT2D eigenvalue weighted by atomic mass is 19.1. The van der Waals surface area contributed by atoms with Crippen molar-refractivity contribution in [2.75, 3.05) is 0 Å². The molecule has 1 N–H and O–H groups in total. The fraction of sp³-hybridized carbons (Fsp3) is 0.143. The van der Waals surface area contributed by atoms with Gasteiger partial charge in [0.05, 0.1) is 6.54 Å². The minimum Gasteiger partial charge on any atom is -0.269 e. The van der Waals surface area contributed by atoms with Gasteiger partial charge in [0.25, 0.3) is 0 Å². The first-order valence-corrected chi connectivity index (χ1v) is 3.12. The van der Waals surface area contributed by atoms with Gasteiger partial charge in [-0.15, -0.1) is 4.91 Å². The number of halogens is 1. The van der Waals surface area contributed by atoms with E-state index in [1.807, 2.05) is 0 Å². The van der Waals surface area contributed by atoms with E-state index in [-0.39, 0.29) is 12.4 Å². The van der Waals surface area contributed by atoms with Crippen LogP contribution < -0.4 is 5.43 Å². The smallest absolute Gasteiger partial charge is 0.123 e. The zero-order valence-electron chi connectivity index (χ0n) is 5.75. The number of hydrogen-bond donors (Lipinski definition) is 1. The van der Waals surface area contributed by atoms with Crippen molar-refractivity contribution in [1.29, 1.82) is 0 Å². The van der Waals surface area contributed by atoms with Gasteiger partial charge in [-0.25, -0.2) is 4.39 Å². The molecule has 1 aromatic rings. The summed E-state index contributed by atoms with van der Waals surface area (Å²) >= 11 is 0. The Labute approximate surface area is 63.2 Å². The lowest BCUT2D eigenvalue weighted by Gasteiger charge is -1.96. The van der Waals surface area contributed by atoms with Crippen molar-refractivity contribution in [3.8, 4) is 0 Å². The van der Waals surface area contributed by atoms with Crippen molar-refractivity contribution in [1.82, 2.24) is 5.43 Å². The Morgan fingerprint density at radius 1 is 1.55 bits per heavy atom. The molecule has 1 rings (SSSR count). The van der Waals surface area contributed by atoms with Crippen molar-refractivity contribution >= 4 is 0 Å². The average Bonchev–Trinajstić information content (AvgIpc) is 2.01. The topological polar surface area (TPSA) is 41.5 Å². The zero-order valence-corrected chi connectivity index (χ0v) is 5.75. The van der Waals surface area contributed by atoms with E-state index in [0.29, 0.717) is 5.56 Å². The summed E-state index contributed by atoms with van der Waals surface area (Å²) in [5.41, 5.74) is 2.89. The highest BCUT2D eigenvalue weighted by Gasteiger charge is 1.92. The molecule has 0 unspecified atom stereocenters. The minimum atomic E-state index is -0.310. The molecule has 11 heavy (non-hydrogen) atoms. The molecule has 3 nitrogen and oxygen atoms in total. The van der Waals surface area contributed by atoms with Crippen LogP contribution in [0.1, 0.15) is 5.56 Å². The quantitative estimate of drug-likeness (QED) is 0.530.